The predicted molar refractivity (Wildman–Crippen MR) is 41.2 cm³/mol. The average molecular weight is 178 g/mol. The van der Waals surface area contributed by atoms with Gasteiger partial charge in [0, 0.05) is 12.4 Å². The normalized spacial score (nSPS) is 10.2. The van der Waals surface area contributed by atoms with Crippen LogP contribution >= 0.6 is 0 Å². The number of aliphatic hydroxyl groups excluding tert-OH is 1. The lowest BCUT2D eigenvalue weighted by atomic mass is 10.5. The molecular weight excluding hydrogens is 172 g/mol. The van der Waals surface area contributed by atoms with E-state index in [9.17, 15) is 0 Å². The smallest absolute Gasteiger partial charge is 0.252 e. The first-order chi connectivity index (χ1) is 6.40. The zero-order chi connectivity index (χ0) is 9.10. The molecule has 0 bridgehead atoms. The van der Waals surface area contributed by atoms with Crippen LogP contribution < -0.4 is 0 Å². The molecule has 0 radical (unpaired) electrons. The summed E-state index contributed by atoms with van der Waals surface area (Å²) in [6.07, 6.45) is 3.16. The van der Waals surface area contributed by atoms with Gasteiger partial charge in [-0.1, -0.05) is 5.16 Å². The second-order valence-electron chi connectivity index (χ2n) is 2.24. The molecule has 0 saturated carbocycles. The monoisotopic (exact) mass is 178 g/mol. The van der Waals surface area contributed by atoms with Gasteiger partial charge in [0.05, 0.1) is 0 Å². The van der Waals surface area contributed by atoms with Crippen LogP contribution in [0.4, 0.5) is 0 Å². The van der Waals surface area contributed by atoms with E-state index in [1.54, 1.807) is 18.5 Å². The quantitative estimate of drug-likeness (QED) is 0.697. The van der Waals surface area contributed by atoms with Gasteiger partial charge in [0.15, 0.2) is 0 Å². The molecule has 6 nitrogen and oxygen atoms in total. The maximum atomic E-state index is 8.66. The molecule has 2 aromatic heterocycles. The first-order valence-electron chi connectivity index (χ1n) is 3.61. The fourth-order valence-corrected chi connectivity index (χ4v) is 0.824. The van der Waals surface area contributed by atoms with E-state index in [4.69, 9.17) is 5.11 Å². The molecule has 0 spiro atoms. The molecule has 0 aliphatic rings. The third kappa shape index (κ3) is 1.52. The van der Waals surface area contributed by atoms with Crippen LogP contribution in [-0.2, 0) is 6.61 Å². The van der Waals surface area contributed by atoms with Gasteiger partial charge in [-0.2, -0.15) is 4.98 Å². The van der Waals surface area contributed by atoms with Crippen molar-refractivity contribution in [2.75, 3.05) is 0 Å². The molecule has 0 fully saturated rings. The van der Waals surface area contributed by atoms with E-state index in [-0.39, 0.29) is 18.3 Å². The Bertz CT molecular complexity index is 386. The van der Waals surface area contributed by atoms with Crippen molar-refractivity contribution in [2.24, 2.45) is 0 Å². The lowest BCUT2D eigenvalue weighted by molar-refractivity contribution is 0.222. The summed E-state index contributed by atoms with van der Waals surface area (Å²) in [5.74, 6) is 0.818. The number of hydrogen-bond acceptors (Lipinski definition) is 6. The van der Waals surface area contributed by atoms with Crippen LogP contribution in [0.2, 0.25) is 0 Å². The Hall–Kier alpha value is -1.82. The molecule has 1 N–H and O–H groups in total. The molecule has 6 heteroatoms. The number of nitrogens with zero attached hydrogens (tertiary/aromatic N) is 4. The Morgan fingerprint density at radius 2 is 2.00 bits per heavy atom. The van der Waals surface area contributed by atoms with Gasteiger partial charge >= 0.3 is 0 Å². The average Bonchev–Trinajstić information content (AvgIpc) is 2.67. The van der Waals surface area contributed by atoms with E-state index in [2.05, 4.69) is 24.6 Å². The Kier molecular flexibility index (Phi) is 1.97. The van der Waals surface area contributed by atoms with Gasteiger partial charge in [-0.15, -0.1) is 0 Å². The largest absolute Gasteiger partial charge is 0.387 e. The number of aliphatic hydroxyl groups is 1. The van der Waals surface area contributed by atoms with Crippen LogP contribution in [0.5, 0.6) is 0 Å². The van der Waals surface area contributed by atoms with E-state index < -0.39 is 0 Å². The minimum atomic E-state index is -0.278. The molecule has 0 atom stereocenters. The van der Waals surface area contributed by atoms with Crippen molar-refractivity contribution in [1.82, 2.24) is 20.1 Å². The van der Waals surface area contributed by atoms with Gasteiger partial charge < -0.3 is 9.63 Å². The molecule has 2 aromatic rings. The van der Waals surface area contributed by atoms with Crippen molar-refractivity contribution in [3.63, 3.8) is 0 Å². The van der Waals surface area contributed by atoms with Crippen molar-refractivity contribution < 1.29 is 9.63 Å². The topological polar surface area (TPSA) is 84.9 Å². The van der Waals surface area contributed by atoms with Crippen LogP contribution in [-0.4, -0.2) is 25.2 Å². The number of hydrogen-bond donors (Lipinski definition) is 1. The summed E-state index contributed by atoms with van der Waals surface area (Å²) in [4.78, 5) is 11.7. The third-order valence-electron chi connectivity index (χ3n) is 1.37. The van der Waals surface area contributed by atoms with Crippen LogP contribution in [0.3, 0.4) is 0 Å². The van der Waals surface area contributed by atoms with E-state index in [1.165, 1.54) is 0 Å². The van der Waals surface area contributed by atoms with Crippen molar-refractivity contribution >= 4 is 0 Å². The molecule has 0 unspecified atom stereocenters. The maximum absolute atomic E-state index is 8.66. The first-order valence-corrected chi connectivity index (χ1v) is 3.61. The summed E-state index contributed by atoms with van der Waals surface area (Å²) in [6, 6.07) is 1.69. The minimum absolute atomic E-state index is 0.155. The summed E-state index contributed by atoms with van der Waals surface area (Å²) >= 11 is 0. The van der Waals surface area contributed by atoms with Gasteiger partial charge in [0.2, 0.25) is 11.6 Å². The van der Waals surface area contributed by atoms with Crippen LogP contribution in [0, 0.1) is 0 Å². The molecular formula is C7H6N4O2. The predicted octanol–water partition coefficient (Wildman–Crippen LogP) is 0.0189. The van der Waals surface area contributed by atoms with E-state index in [0.717, 1.165) is 0 Å². The number of aromatic nitrogens is 4. The highest BCUT2D eigenvalue weighted by atomic mass is 16.5. The highest BCUT2D eigenvalue weighted by Gasteiger charge is 2.08. The molecule has 0 aromatic carbocycles. The molecule has 0 saturated heterocycles. The first kappa shape index (κ1) is 7.81. The van der Waals surface area contributed by atoms with Gasteiger partial charge in [0.25, 0.3) is 5.89 Å². The Morgan fingerprint density at radius 3 is 2.62 bits per heavy atom. The molecule has 66 valence electrons. The number of rotatable bonds is 2. The highest BCUT2D eigenvalue weighted by Crippen LogP contribution is 2.08. The van der Waals surface area contributed by atoms with E-state index in [0.29, 0.717) is 5.82 Å². The van der Waals surface area contributed by atoms with Crippen LogP contribution in [0.15, 0.2) is 23.0 Å². The van der Waals surface area contributed by atoms with Gasteiger partial charge in [-0.3, -0.25) is 0 Å². The molecule has 0 aliphatic carbocycles. The minimum Gasteiger partial charge on any atom is -0.387 e. The van der Waals surface area contributed by atoms with Crippen molar-refractivity contribution in [2.45, 2.75) is 6.61 Å². The zero-order valence-corrected chi connectivity index (χ0v) is 6.58. The summed E-state index contributed by atoms with van der Waals surface area (Å²) in [7, 11) is 0. The van der Waals surface area contributed by atoms with Gasteiger partial charge in [-0.25, -0.2) is 9.97 Å². The molecule has 2 heterocycles. The fraction of sp³-hybridized carbons (Fsp3) is 0.143. The van der Waals surface area contributed by atoms with Gasteiger partial charge in [-0.05, 0) is 6.07 Å². The molecule has 0 aliphatic heterocycles. The Balaban J connectivity index is 2.36. The van der Waals surface area contributed by atoms with Crippen molar-refractivity contribution in [3.05, 3.63) is 24.4 Å². The molecule has 13 heavy (non-hydrogen) atoms. The standard InChI is InChI=1S/C7H6N4O2/c12-4-5-10-7(11-13-5)6-8-2-1-3-9-6/h1-3,12H,4H2. The van der Waals surface area contributed by atoms with Crippen molar-refractivity contribution in [1.29, 1.82) is 0 Å². The lowest BCUT2D eigenvalue weighted by Crippen LogP contribution is -1.89. The Morgan fingerprint density at radius 1 is 1.23 bits per heavy atom. The summed E-state index contributed by atoms with van der Waals surface area (Å²) in [6.45, 7) is -0.278. The SMILES string of the molecule is OCc1nc(-c2ncccn2)no1. The molecule has 2 rings (SSSR count). The highest BCUT2D eigenvalue weighted by molar-refractivity contribution is 5.40. The van der Waals surface area contributed by atoms with E-state index >= 15 is 0 Å². The zero-order valence-electron chi connectivity index (χ0n) is 6.58. The molecule has 0 amide bonds. The van der Waals surface area contributed by atoms with Crippen LogP contribution in [0.1, 0.15) is 5.89 Å². The van der Waals surface area contributed by atoms with Crippen LogP contribution in [0.25, 0.3) is 11.6 Å². The lowest BCUT2D eigenvalue weighted by Gasteiger charge is -1.87. The van der Waals surface area contributed by atoms with E-state index in [1.807, 2.05) is 0 Å². The summed E-state index contributed by atoms with van der Waals surface area (Å²) in [5.41, 5.74) is 0. The Labute approximate surface area is 73.3 Å². The second kappa shape index (κ2) is 3.28. The van der Waals surface area contributed by atoms with Gasteiger partial charge in [0.1, 0.15) is 6.61 Å². The van der Waals surface area contributed by atoms with Crippen molar-refractivity contribution in [3.8, 4) is 11.6 Å². The third-order valence-corrected chi connectivity index (χ3v) is 1.37. The second-order valence-corrected chi connectivity index (χ2v) is 2.24. The maximum Gasteiger partial charge on any atom is 0.252 e. The summed E-state index contributed by atoms with van der Waals surface area (Å²) in [5, 5.41) is 12.2. The summed E-state index contributed by atoms with van der Waals surface area (Å²) < 4.78 is 4.68. The fourth-order valence-electron chi connectivity index (χ4n) is 0.824.